The molecule has 0 heterocycles. The molecule has 0 aliphatic rings. The first kappa shape index (κ1) is 21.0. The van der Waals surface area contributed by atoms with E-state index < -0.39 is 17.0 Å². The molecule has 1 atom stereocenters. The Labute approximate surface area is 157 Å². The Hall–Kier alpha value is -0.0757. The van der Waals surface area contributed by atoms with Crippen molar-refractivity contribution in [1.82, 2.24) is 4.90 Å². The van der Waals surface area contributed by atoms with Gasteiger partial charge in [0.15, 0.2) is 0 Å². The van der Waals surface area contributed by atoms with E-state index in [2.05, 4.69) is 56.3 Å². The number of hydrogen-bond donors (Lipinski definition) is 1. The molecule has 0 fully saturated rings. The van der Waals surface area contributed by atoms with Gasteiger partial charge in [-0.3, -0.25) is 0 Å². The molecular formula is C17H22Cl2NOPTi. The number of phenolic OH excluding ortho intramolecular Hbond substituents is 1. The van der Waals surface area contributed by atoms with Crippen molar-refractivity contribution in [2.75, 3.05) is 14.1 Å². The van der Waals surface area contributed by atoms with Gasteiger partial charge in [0, 0.05) is 11.8 Å². The predicted octanol–water partition coefficient (Wildman–Crippen LogP) is 4.08. The van der Waals surface area contributed by atoms with Crippen LogP contribution in [0.2, 0.25) is 0 Å². The zero-order valence-electron chi connectivity index (χ0n) is 13.8. The average Bonchev–Trinajstić information content (AvgIpc) is 2.46. The molecule has 6 heteroatoms. The maximum atomic E-state index is 10.3. The molecule has 2 rings (SSSR count). The fraction of sp³-hybridized carbons (Fsp3) is 0.294. The first-order chi connectivity index (χ1) is 10.9. The van der Waals surface area contributed by atoms with Gasteiger partial charge < -0.3 is 10.0 Å². The number of aryl methyl sites for hydroxylation is 2. The van der Waals surface area contributed by atoms with Crippen LogP contribution >= 0.6 is 27.2 Å². The van der Waals surface area contributed by atoms with E-state index in [1.807, 2.05) is 13.0 Å². The zero-order chi connectivity index (χ0) is 17.4. The molecule has 2 nitrogen and oxygen atoms in total. The Morgan fingerprint density at radius 3 is 2.30 bits per heavy atom. The molecule has 0 spiro atoms. The van der Waals surface area contributed by atoms with Crippen molar-refractivity contribution in [3.63, 3.8) is 0 Å². The van der Waals surface area contributed by atoms with Gasteiger partial charge in [-0.15, -0.1) is 0 Å². The summed E-state index contributed by atoms with van der Waals surface area (Å²) in [6.07, 6.45) is 0. The topological polar surface area (TPSA) is 23.5 Å². The number of halogens is 2. The normalized spacial score (nSPS) is 10.7. The molecule has 0 aromatic heterocycles. The van der Waals surface area contributed by atoms with Crippen molar-refractivity contribution in [2.45, 2.75) is 20.4 Å². The van der Waals surface area contributed by atoms with Crippen LogP contribution in [0.1, 0.15) is 16.7 Å². The van der Waals surface area contributed by atoms with E-state index in [4.69, 9.17) is 18.6 Å². The summed E-state index contributed by atoms with van der Waals surface area (Å²) in [5.74, 6) is 0.439. The summed E-state index contributed by atoms with van der Waals surface area (Å²) in [5, 5.41) is 12.6. The van der Waals surface area contributed by atoms with Gasteiger partial charge in [0.05, 0.1) is 0 Å². The summed E-state index contributed by atoms with van der Waals surface area (Å²) in [6, 6.07) is 12.6. The molecule has 2 aromatic rings. The van der Waals surface area contributed by atoms with Crippen molar-refractivity contribution < 1.29 is 22.1 Å². The zero-order valence-corrected chi connectivity index (χ0v) is 17.9. The number of aromatic hydroxyl groups is 1. The molecule has 124 valence electrons. The number of rotatable bonds is 4. The van der Waals surface area contributed by atoms with Crippen molar-refractivity contribution in [3.8, 4) is 5.75 Å². The SMILES string of the molecule is Cc1cc(C)c(O)c(Pc2ccccc2CN(C)C)c1.[Cl][Ti][Cl]. The minimum atomic E-state index is -0.556. The van der Waals surface area contributed by atoms with E-state index in [9.17, 15) is 5.11 Å². The quantitative estimate of drug-likeness (QED) is 0.612. The summed E-state index contributed by atoms with van der Waals surface area (Å²) in [5.41, 5.74) is 3.49. The predicted molar refractivity (Wildman–Crippen MR) is 101 cm³/mol. The molecule has 0 saturated carbocycles. The van der Waals surface area contributed by atoms with Crippen LogP contribution in [-0.2, 0) is 23.6 Å². The van der Waals surface area contributed by atoms with Crippen LogP contribution in [0.3, 0.4) is 0 Å². The first-order valence-corrected chi connectivity index (χ1v) is 12.4. The Bertz CT molecular complexity index is 638. The van der Waals surface area contributed by atoms with Gasteiger partial charge in [0.1, 0.15) is 5.75 Å². The van der Waals surface area contributed by atoms with Crippen LogP contribution < -0.4 is 10.6 Å². The Morgan fingerprint density at radius 2 is 1.70 bits per heavy atom. The van der Waals surface area contributed by atoms with E-state index in [0.29, 0.717) is 14.3 Å². The molecule has 0 bridgehead atoms. The van der Waals surface area contributed by atoms with E-state index in [1.165, 1.54) is 16.4 Å². The number of nitrogens with zero attached hydrogens (tertiary/aromatic N) is 1. The van der Waals surface area contributed by atoms with Gasteiger partial charge in [-0.25, -0.2) is 0 Å². The number of benzene rings is 2. The molecule has 1 unspecified atom stereocenters. The fourth-order valence-electron chi connectivity index (χ4n) is 2.32. The Morgan fingerprint density at radius 1 is 1.09 bits per heavy atom. The van der Waals surface area contributed by atoms with Gasteiger partial charge >= 0.3 is 35.6 Å². The third-order valence-corrected chi connectivity index (χ3v) is 4.63. The number of phenols is 1. The van der Waals surface area contributed by atoms with E-state index in [0.717, 1.165) is 17.4 Å². The third kappa shape index (κ3) is 7.14. The van der Waals surface area contributed by atoms with Gasteiger partial charge in [0.2, 0.25) is 0 Å². The molecule has 0 aliphatic heterocycles. The van der Waals surface area contributed by atoms with E-state index >= 15 is 0 Å². The fourth-order valence-corrected chi connectivity index (χ4v) is 3.73. The summed E-state index contributed by atoms with van der Waals surface area (Å²) in [7, 11) is 14.4. The summed E-state index contributed by atoms with van der Waals surface area (Å²) in [6.45, 7) is 4.96. The van der Waals surface area contributed by atoms with Gasteiger partial charge in [-0.2, -0.15) is 0 Å². The van der Waals surface area contributed by atoms with Gasteiger partial charge in [-0.1, -0.05) is 38.9 Å². The van der Waals surface area contributed by atoms with Crippen molar-refractivity contribution in [1.29, 1.82) is 0 Å². The van der Waals surface area contributed by atoms with Gasteiger partial charge in [-0.05, 0) is 56.0 Å². The molecule has 0 radical (unpaired) electrons. The summed E-state index contributed by atoms with van der Waals surface area (Å²) >= 11 is -0.556. The van der Waals surface area contributed by atoms with E-state index in [1.54, 1.807) is 0 Å². The molecule has 0 saturated heterocycles. The second-order valence-electron chi connectivity index (χ2n) is 5.57. The molecule has 1 N–H and O–H groups in total. The summed E-state index contributed by atoms with van der Waals surface area (Å²) < 4.78 is 0. The van der Waals surface area contributed by atoms with E-state index in [-0.39, 0.29) is 0 Å². The standard InChI is InChI=1S/C17H22NOP.2ClH.Ti/c1-12-9-13(2)17(19)16(10-12)20-15-8-6-5-7-14(15)11-18(3)4;;;/h5-10,19-20H,11H2,1-4H3;2*1H;/q;;;+2/p-2. The minimum absolute atomic E-state index is 0.439. The Balaban J connectivity index is 0.000000816. The van der Waals surface area contributed by atoms with Crippen molar-refractivity contribution in [2.24, 2.45) is 0 Å². The van der Waals surface area contributed by atoms with Crippen LogP contribution in [0.5, 0.6) is 5.75 Å². The van der Waals surface area contributed by atoms with Crippen LogP contribution in [0.15, 0.2) is 36.4 Å². The van der Waals surface area contributed by atoms with Crippen molar-refractivity contribution >= 4 is 37.8 Å². The van der Waals surface area contributed by atoms with Crippen LogP contribution in [0.25, 0.3) is 0 Å². The molecule has 0 amide bonds. The monoisotopic (exact) mass is 405 g/mol. The third-order valence-electron chi connectivity index (χ3n) is 3.22. The Kier molecular flexibility index (Phi) is 9.77. The van der Waals surface area contributed by atoms with Crippen LogP contribution in [0.4, 0.5) is 0 Å². The second-order valence-corrected chi connectivity index (χ2v) is 9.48. The molecule has 2 aromatic carbocycles. The summed E-state index contributed by atoms with van der Waals surface area (Å²) in [4.78, 5) is 2.17. The van der Waals surface area contributed by atoms with Crippen molar-refractivity contribution in [3.05, 3.63) is 53.1 Å². The first-order valence-electron chi connectivity index (χ1n) is 7.15. The maximum absolute atomic E-state index is 10.3. The van der Waals surface area contributed by atoms with Gasteiger partial charge in [0.25, 0.3) is 0 Å². The second kappa shape index (κ2) is 10.7. The number of hydrogen-bond acceptors (Lipinski definition) is 2. The molecule has 0 aliphatic carbocycles. The van der Waals surface area contributed by atoms with Crippen LogP contribution in [0, 0.1) is 13.8 Å². The van der Waals surface area contributed by atoms with Crippen LogP contribution in [-0.4, -0.2) is 24.1 Å². The average molecular weight is 406 g/mol. The molecular weight excluding hydrogens is 384 g/mol. The molecule has 23 heavy (non-hydrogen) atoms.